The second kappa shape index (κ2) is 3.97. The van der Waals surface area contributed by atoms with E-state index in [-0.39, 0.29) is 5.78 Å². The normalized spacial score (nSPS) is 12.9. The second-order valence-electron chi connectivity index (χ2n) is 2.59. The summed E-state index contributed by atoms with van der Waals surface area (Å²) >= 11 is 3.14. The number of carbonyl (C=O) groups is 1. The smallest absolute Gasteiger partial charge is 0.212 e. The lowest BCUT2D eigenvalue weighted by molar-refractivity contribution is 0.0645. The molecule has 6 heteroatoms. The van der Waals surface area contributed by atoms with Crippen molar-refractivity contribution in [3.05, 3.63) is 10.3 Å². The lowest BCUT2D eigenvalue weighted by Crippen LogP contribution is -2.22. The predicted octanol–water partition coefficient (Wildman–Crippen LogP) is 0.795. The maximum absolute atomic E-state index is 11.6. The molecule has 0 aliphatic rings. The highest BCUT2D eigenvalue weighted by Gasteiger charge is 2.21. The van der Waals surface area contributed by atoms with E-state index in [0.29, 0.717) is 10.3 Å². The van der Waals surface area contributed by atoms with E-state index in [4.69, 9.17) is 4.74 Å². The Kier molecular flexibility index (Phi) is 3.16. The Morgan fingerprint density at radius 2 is 2.31 bits per heavy atom. The number of halogens is 1. The number of ketones is 1. The van der Waals surface area contributed by atoms with Gasteiger partial charge in [-0.2, -0.15) is 0 Å². The summed E-state index contributed by atoms with van der Waals surface area (Å²) in [5.41, 5.74) is 0.425. The molecule has 0 radical (unpaired) electrons. The summed E-state index contributed by atoms with van der Waals surface area (Å²) in [7, 11) is 3.15. The molecular formula is C7H10BrN3O2. The van der Waals surface area contributed by atoms with Crippen LogP contribution in [0.25, 0.3) is 0 Å². The molecule has 0 aromatic carbocycles. The van der Waals surface area contributed by atoms with Gasteiger partial charge < -0.3 is 4.74 Å². The molecule has 5 nitrogen and oxygen atoms in total. The van der Waals surface area contributed by atoms with Crippen molar-refractivity contribution in [2.75, 3.05) is 7.11 Å². The van der Waals surface area contributed by atoms with E-state index >= 15 is 0 Å². The lowest BCUT2D eigenvalue weighted by atomic mass is 10.2. The SMILES string of the molecule is COC(C)C(=O)c1c(Br)nnn1C. The predicted molar refractivity (Wildman–Crippen MR) is 49.5 cm³/mol. The molecule has 72 valence electrons. The fourth-order valence-electron chi connectivity index (χ4n) is 0.893. The Hall–Kier alpha value is -0.750. The molecule has 1 aromatic rings. The van der Waals surface area contributed by atoms with Gasteiger partial charge in [0.1, 0.15) is 11.8 Å². The average Bonchev–Trinajstić information content (AvgIpc) is 2.44. The number of methoxy groups -OCH3 is 1. The fourth-order valence-corrected chi connectivity index (χ4v) is 1.42. The Labute approximate surface area is 84.2 Å². The molecule has 0 aliphatic carbocycles. The first kappa shape index (κ1) is 10.3. The maximum Gasteiger partial charge on any atom is 0.212 e. The molecule has 0 aliphatic heterocycles. The van der Waals surface area contributed by atoms with Crippen LogP contribution in [0.1, 0.15) is 17.4 Å². The summed E-state index contributed by atoms with van der Waals surface area (Å²) in [6, 6.07) is 0. The van der Waals surface area contributed by atoms with Crippen molar-refractivity contribution in [2.24, 2.45) is 7.05 Å². The summed E-state index contributed by atoms with van der Waals surface area (Å²) in [5, 5.41) is 7.40. The van der Waals surface area contributed by atoms with Gasteiger partial charge in [0, 0.05) is 14.2 Å². The number of carbonyl (C=O) groups excluding carboxylic acids is 1. The Morgan fingerprint density at radius 1 is 1.69 bits per heavy atom. The van der Waals surface area contributed by atoms with Crippen LogP contribution in [-0.2, 0) is 11.8 Å². The van der Waals surface area contributed by atoms with Crippen LogP contribution in [0.15, 0.2) is 4.60 Å². The van der Waals surface area contributed by atoms with Crippen LogP contribution in [0.2, 0.25) is 0 Å². The van der Waals surface area contributed by atoms with Gasteiger partial charge in [0.15, 0.2) is 4.60 Å². The van der Waals surface area contributed by atoms with Crippen LogP contribution in [0.5, 0.6) is 0 Å². The van der Waals surface area contributed by atoms with Crippen molar-refractivity contribution >= 4 is 21.7 Å². The number of hydrogen-bond acceptors (Lipinski definition) is 4. The number of hydrogen-bond donors (Lipinski definition) is 0. The van der Waals surface area contributed by atoms with Gasteiger partial charge in [-0.05, 0) is 22.9 Å². The van der Waals surface area contributed by atoms with Crippen LogP contribution in [-0.4, -0.2) is 34.0 Å². The quantitative estimate of drug-likeness (QED) is 0.742. The highest BCUT2D eigenvalue weighted by molar-refractivity contribution is 9.10. The van der Waals surface area contributed by atoms with Crippen LogP contribution in [0.3, 0.4) is 0 Å². The van der Waals surface area contributed by atoms with E-state index in [1.165, 1.54) is 11.8 Å². The van der Waals surface area contributed by atoms with E-state index in [1.807, 2.05) is 0 Å². The minimum atomic E-state index is -0.478. The third-order valence-corrected chi connectivity index (χ3v) is 2.28. The van der Waals surface area contributed by atoms with Crippen molar-refractivity contribution in [3.8, 4) is 0 Å². The van der Waals surface area contributed by atoms with Gasteiger partial charge in [0.25, 0.3) is 0 Å². The molecule has 0 amide bonds. The first-order chi connectivity index (χ1) is 6.07. The standard InChI is InChI=1S/C7H10BrN3O2/c1-4(13-3)6(12)5-7(8)9-10-11(5)2/h4H,1-3H3. The molecule has 0 saturated heterocycles. The van der Waals surface area contributed by atoms with Gasteiger partial charge in [-0.15, -0.1) is 5.10 Å². The van der Waals surface area contributed by atoms with Crippen molar-refractivity contribution in [1.82, 2.24) is 15.0 Å². The Morgan fingerprint density at radius 3 is 2.69 bits per heavy atom. The molecule has 1 rings (SSSR count). The van der Waals surface area contributed by atoms with Crippen molar-refractivity contribution in [2.45, 2.75) is 13.0 Å². The van der Waals surface area contributed by atoms with E-state index in [9.17, 15) is 4.79 Å². The second-order valence-corrected chi connectivity index (χ2v) is 3.35. The largest absolute Gasteiger partial charge is 0.374 e. The summed E-state index contributed by atoms with van der Waals surface area (Å²) in [5.74, 6) is -0.137. The maximum atomic E-state index is 11.6. The Bertz CT molecular complexity index is 304. The number of rotatable bonds is 3. The third kappa shape index (κ3) is 1.94. The van der Waals surface area contributed by atoms with E-state index < -0.39 is 6.10 Å². The summed E-state index contributed by atoms with van der Waals surface area (Å²) in [4.78, 5) is 11.6. The van der Waals surface area contributed by atoms with Gasteiger partial charge >= 0.3 is 0 Å². The molecule has 0 N–H and O–H groups in total. The zero-order chi connectivity index (χ0) is 10.0. The molecule has 1 aromatic heterocycles. The zero-order valence-corrected chi connectivity index (χ0v) is 9.20. The monoisotopic (exact) mass is 247 g/mol. The lowest BCUT2D eigenvalue weighted by Gasteiger charge is -2.07. The number of aromatic nitrogens is 3. The van der Waals surface area contributed by atoms with Crippen molar-refractivity contribution < 1.29 is 9.53 Å². The summed E-state index contributed by atoms with van der Waals surface area (Å²) < 4.78 is 6.77. The molecule has 1 unspecified atom stereocenters. The van der Waals surface area contributed by atoms with Gasteiger partial charge in [0.2, 0.25) is 5.78 Å². The summed E-state index contributed by atoms with van der Waals surface area (Å²) in [6.45, 7) is 1.68. The highest BCUT2D eigenvalue weighted by Crippen LogP contribution is 2.14. The first-order valence-electron chi connectivity index (χ1n) is 3.70. The Balaban J connectivity index is 3.01. The van der Waals surface area contributed by atoms with Crippen molar-refractivity contribution in [1.29, 1.82) is 0 Å². The molecule has 0 spiro atoms. The first-order valence-corrected chi connectivity index (χ1v) is 4.49. The number of aryl methyl sites for hydroxylation is 1. The molecule has 0 saturated carbocycles. The fraction of sp³-hybridized carbons (Fsp3) is 0.571. The van der Waals surface area contributed by atoms with E-state index in [0.717, 1.165) is 0 Å². The van der Waals surface area contributed by atoms with Gasteiger partial charge in [-0.3, -0.25) is 4.79 Å². The highest BCUT2D eigenvalue weighted by atomic mass is 79.9. The third-order valence-electron chi connectivity index (χ3n) is 1.74. The molecule has 1 atom stereocenters. The molecule has 1 heterocycles. The van der Waals surface area contributed by atoms with Crippen LogP contribution in [0.4, 0.5) is 0 Å². The minimum Gasteiger partial charge on any atom is -0.374 e. The van der Waals surface area contributed by atoms with Crippen LogP contribution in [0, 0.1) is 0 Å². The number of ether oxygens (including phenoxy) is 1. The molecule has 0 fully saturated rings. The van der Waals surface area contributed by atoms with E-state index in [1.54, 1.807) is 14.0 Å². The van der Waals surface area contributed by atoms with E-state index in [2.05, 4.69) is 26.2 Å². The molecule has 0 bridgehead atoms. The van der Waals surface area contributed by atoms with Crippen LogP contribution < -0.4 is 0 Å². The van der Waals surface area contributed by atoms with Gasteiger partial charge in [0.05, 0.1) is 0 Å². The average molecular weight is 248 g/mol. The van der Waals surface area contributed by atoms with Gasteiger partial charge in [-0.1, -0.05) is 5.21 Å². The number of nitrogens with zero attached hydrogens (tertiary/aromatic N) is 3. The van der Waals surface area contributed by atoms with Crippen LogP contribution >= 0.6 is 15.9 Å². The number of Topliss-reactive ketones (excluding diaryl/α,β-unsaturated/α-hetero) is 1. The summed E-state index contributed by atoms with van der Waals surface area (Å²) in [6.07, 6.45) is -0.478. The topological polar surface area (TPSA) is 57.0 Å². The molecule has 13 heavy (non-hydrogen) atoms. The van der Waals surface area contributed by atoms with Crippen molar-refractivity contribution in [3.63, 3.8) is 0 Å². The minimum absolute atomic E-state index is 0.137. The zero-order valence-electron chi connectivity index (χ0n) is 7.61. The molecular weight excluding hydrogens is 238 g/mol. The van der Waals surface area contributed by atoms with Gasteiger partial charge in [-0.25, -0.2) is 4.68 Å².